The molecule has 0 bridgehead atoms. The van der Waals surface area contributed by atoms with Gasteiger partial charge in [-0.2, -0.15) is 0 Å². The Morgan fingerprint density at radius 1 is 0.882 bits per heavy atom. The maximum Gasteiger partial charge on any atom is 0.333 e. The van der Waals surface area contributed by atoms with E-state index in [1.54, 1.807) is 4.90 Å². The molecule has 1 amide bonds. The molecule has 3 aromatic rings. The number of esters is 1. The number of carbonyl (C=O) groups excluding carboxylic acids is 2. The minimum absolute atomic E-state index is 0.154. The van der Waals surface area contributed by atoms with Crippen LogP contribution in [0.25, 0.3) is 0 Å². The molecule has 1 heterocycles. The first-order valence-corrected chi connectivity index (χ1v) is 12.0. The second kappa shape index (κ2) is 11.1. The maximum atomic E-state index is 13.9. The second-order valence-electron chi connectivity index (χ2n) is 8.79. The van der Waals surface area contributed by atoms with Crippen molar-refractivity contribution in [3.05, 3.63) is 108 Å². The Morgan fingerprint density at radius 2 is 1.47 bits per heavy atom. The lowest BCUT2D eigenvalue weighted by atomic mass is 9.85. The van der Waals surface area contributed by atoms with E-state index < -0.39 is 5.54 Å². The molecule has 0 aromatic heterocycles. The Morgan fingerprint density at radius 3 is 2.09 bits per heavy atom. The minimum Gasteiger partial charge on any atom is -0.464 e. The number of carbonyl (C=O) groups is 2. The predicted molar refractivity (Wildman–Crippen MR) is 133 cm³/mol. The predicted octanol–water partition coefficient (Wildman–Crippen LogP) is 4.93. The number of hydrogen-bond donors (Lipinski definition) is 0. The van der Waals surface area contributed by atoms with Crippen molar-refractivity contribution in [3.8, 4) is 0 Å². The van der Waals surface area contributed by atoms with Crippen molar-refractivity contribution in [2.45, 2.75) is 38.4 Å². The SMILES string of the molecule is CCOC(=O)C1(N(Cc2ccccc2)C(=O)c2ccccc2)CCCN(Cc2ccccc2)C1. The first kappa shape index (κ1) is 23.7. The highest BCUT2D eigenvalue weighted by Crippen LogP contribution is 2.33. The fourth-order valence-corrected chi connectivity index (χ4v) is 4.78. The zero-order valence-electron chi connectivity index (χ0n) is 19.7. The quantitative estimate of drug-likeness (QED) is 0.451. The summed E-state index contributed by atoms with van der Waals surface area (Å²) in [4.78, 5) is 31.6. The fraction of sp³-hybridized carbons (Fsp3) is 0.310. The van der Waals surface area contributed by atoms with Crippen LogP contribution in [-0.2, 0) is 22.6 Å². The van der Waals surface area contributed by atoms with Crippen molar-refractivity contribution in [1.82, 2.24) is 9.80 Å². The van der Waals surface area contributed by atoms with Gasteiger partial charge in [0.15, 0.2) is 5.54 Å². The van der Waals surface area contributed by atoms with E-state index in [4.69, 9.17) is 4.74 Å². The largest absolute Gasteiger partial charge is 0.464 e. The van der Waals surface area contributed by atoms with Crippen molar-refractivity contribution < 1.29 is 14.3 Å². The highest BCUT2D eigenvalue weighted by molar-refractivity contribution is 5.98. The number of ether oxygens (including phenoxy) is 1. The summed E-state index contributed by atoms with van der Waals surface area (Å²) in [6.07, 6.45) is 1.38. The molecule has 0 spiro atoms. The molecule has 0 saturated carbocycles. The molecule has 4 rings (SSSR count). The van der Waals surface area contributed by atoms with Gasteiger partial charge in [0.1, 0.15) is 0 Å². The monoisotopic (exact) mass is 456 g/mol. The van der Waals surface area contributed by atoms with Crippen molar-refractivity contribution in [2.75, 3.05) is 19.7 Å². The smallest absolute Gasteiger partial charge is 0.333 e. The topological polar surface area (TPSA) is 49.9 Å². The molecule has 1 fully saturated rings. The number of nitrogens with zero attached hydrogens (tertiary/aromatic N) is 2. The molecule has 5 nitrogen and oxygen atoms in total. The number of benzene rings is 3. The number of rotatable bonds is 8. The lowest BCUT2D eigenvalue weighted by molar-refractivity contribution is -0.161. The van der Waals surface area contributed by atoms with E-state index in [0.717, 1.165) is 25.1 Å². The van der Waals surface area contributed by atoms with Gasteiger partial charge in [-0.3, -0.25) is 9.69 Å². The van der Waals surface area contributed by atoms with E-state index in [9.17, 15) is 9.59 Å². The van der Waals surface area contributed by atoms with Gasteiger partial charge in [0, 0.05) is 25.2 Å². The summed E-state index contributed by atoms with van der Waals surface area (Å²) in [5.74, 6) is -0.480. The second-order valence-corrected chi connectivity index (χ2v) is 8.79. The Balaban J connectivity index is 1.73. The fourth-order valence-electron chi connectivity index (χ4n) is 4.78. The summed E-state index contributed by atoms with van der Waals surface area (Å²) in [6.45, 7) is 4.46. The van der Waals surface area contributed by atoms with Crippen molar-refractivity contribution in [3.63, 3.8) is 0 Å². The standard InChI is InChI=1S/C29H32N2O3/c1-2-34-28(33)29(19-12-20-30(23-29)21-24-13-6-3-7-14-24)31(22-25-15-8-4-9-16-25)27(32)26-17-10-5-11-18-26/h3-11,13-18H,2,12,19-23H2,1H3. The van der Waals surface area contributed by atoms with Gasteiger partial charge >= 0.3 is 5.97 Å². The highest BCUT2D eigenvalue weighted by atomic mass is 16.5. The summed E-state index contributed by atoms with van der Waals surface area (Å²) in [6, 6.07) is 29.3. The molecule has 1 aliphatic rings. The summed E-state index contributed by atoms with van der Waals surface area (Å²) in [5.41, 5.74) is 1.68. The van der Waals surface area contributed by atoms with E-state index >= 15 is 0 Å². The van der Waals surface area contributed by atoms with Crippen molar-refractivity contribution in [1.29, 1.82) is 0 Å². The lowest BCUT2D eigenvalue weighted by Crippen LogP contribution is -2.64. The van der Waals surface area contributed by atoms with Crippen LogP contribution in [0.15, 0.2) is 91.0 Å². The van der Waals surface area contributed by atoms with Gasteiger partial charge in [0.25, 0.3) is 5.91 Å². The number of likely N-dealkylation sites (tertiary alicyclic amines) is 1. The molecule has 1 unspecified atom stereocenters. The van der Waals surface area contributed by atoms with Gasteiger partial charge in [-0.05, 0) is 49.6 Å². The Kier molecular flexibility index (Phi) is 7.76. The summed E-state index contributed by atoms with van der Waals surface area (Å²) >= 11 is 0. The van der Waals surface area contributed by atoms with Gasteiger partial charge in [-0.1, -0.05) is 78.9 Å². The summed E-state index contributed by atoms with van der Waals surface area (Å²) in [7, 11) is 0. The van der Waals surface area contributed by atoms with Crippen LogP contribution in [0.1, 0.15) is 41.3 Å². The number of piperidine rings is 1. The third kappa shape index (κ3) is 5.37. The average Bonchev–Trinajstić information content (AvgIpc) is 2.89. The van der Waals surface area contributed by atoms with Crippen molar-refractivity contribution >= 4 is 11.9 Å². The van der Waals surface area contributed by atoms with E-state index in [2.05, 4.69) is 17.0 Å². The Hall–Kier alpha value is -3.44. The molecule has 1 aliphatic heterocycles. The zero-order chi connectivity index (χ0) is 23.8. The van der Waals surface area contributed by atoms with E-state index in [-0.39, 0.29) is 18.5 Å². The van der Waals surface area contributed by atoms with Gasteiger partial charge in [0.2, 0.25) is 0 Å². The molecular weight excluding hydrogens is 424 g/mol. The first-order chi connectivity index (χ1) is 16.6. The molecular formula is C29H32N2O3. The molecule has 1 saturated heterocycles. The van der Waals surface area contributed by atoms with Crippen LogP contribution >= 0.6 is 0 Å². The molecule has 0 aliphatic carbocycles. The van der Waals surface area contributed by atoms with E-state index in [1.807, 2.05) is 85.8 Å². The minimum atomic E-state index is -1.06. The zero-order valence-corrected chi connectivity index (χ0v) is 19.7. The molecule has 1 atom stereocenters. The van der Waals surface area contributed by atoms with Crippen LogP contribution in [0.2, 0.25) is 0 Å². The van der Waals surface area contributed by atoms with Gasteiger partial charge in [-0.15, -0.1) is 0 Å². The third-order valence-corrected chi connectivity index (χ3v) is 6.42. The van der Waals surface area contributed by atoms with Crippen LogP contribution in [0, 0.1) is 0 Å². The third-order valence-electron chi connectivity index (χ3n) is 6.42. The van der Waals surface area contributed by atoms with E-state index in [0.29, 0.717) is 25.1 Å². The van der Waals surface area contributed by atoms with Crippen LogP contribution in [0.5, 0.6) is 0 Å². The molecule has 176 valence electrons. The normalized spacial score (nSPS) is 18.3. The molecule has 3 aromatic carbocycles. The van der Waals surface area contributed by atoms with Crippen LogP contribution in [0.4, 0.5) is 0 Å². The first-order valence-electron chi connectivity index (χ1n) is 12.0. The van der Waals surface area contributed by atoms with Gasteiger partial charge in [0.05, 0.1) is 6.61 Å². The molecule has 5 heteroatoms. The van der Waals surface area contributed by atoms with Gasteiger partial charge < -0.3 is 9.64 Å². The Bertz CT molecular complexity index is 1070. The summed E-state index contributed by atoms with van der Waals surface area (Å²) < 4.78 is 5.63. The van der Waals surface area contributed by atoms with Crippen LogP contribution in [-0.4, -0.2) is 46.9 Å². The molecule has 0 N–H and O–H groups in total. The van der Waals surface area contributed by atoms with Crippen LogP contribution < -0.4 is 0 Å². The maximum absolute atomic E-state index is 13.9. The Labute approximate surface area is 202 Å². The molecule has 0 radical (unpaired) electrons. The summed E-state index contributed by atoms with van der Waals surface area (Å²) in [5, 5.41) is 0. The molecule has 34 heavy (non-hydrogen) atoms. The van der Waals surface area contributed by atoms with Gasteiger partial charge in [-0.25, -0.2) is 4.79 Å². The van der Waals surface area contributed by atoms with Crippen molar-refractivity contribution in [2.24, 2.45) is 0 Å². The number of hydrogen-bond acceptors (Lipinski definition) is 4. The number of amides is 1. The average molecular weight is 457 g/mol. The highest BCUT2D eigenvalue weighted by Gasteiger charge is 2.50. The van der Waals surface area contributed by atoms with Crippen LogP contribution in [0.3, 0.4) is 0 Å². The van der Waals surface area contributed by atoms with E-state index in [1.165, 1.54) is 5.56 Å². The lowest BCUT2D eigenvalue weighted by Gasteiger charge is -2.47.